The molecule has 0 saturated heterocycles. The van der Waals surface area contributed by atoms with Gasteiger partial charge < -0.3 is 5.32 Å². The van der Waals surface area contributed by atoms with Gasteiger partial charge in [-0.2, -0.15) is 0 Å². The van der Waals surface area contributed by atoms with Crippen molar-refractivity contribution in [2.24, 2.45) is 0 Å². The van der Waals surface area contributed by atoms with Crippen molar-refractivity contribution in [2.45, 2.75) is 6.92 Å². The van der Waals surface area contributed by atoms with Crippen LogP contribution in [0.4, 0.5) is 5.82 Å². The summed E-state index contributed by atoms with van der Waals surface area (Å²) in [6.07, 6.45) is 3.51. The van der Waals surface area contributed by atoms with Gasteiger partial charge in [0.2, 0.25) is 0 Å². The standard InChI is InChI=1S/C10H11N3S/c1-7-3-4-14-10(7)8-5-12-6-9(11-2)13-8/h3-6H,1-2H3,(H,11,13). The molecule has 0 amide bonds. The summed E-state index contributed by atoms with van der Waals surface area (Å²) < 4.78 is 0. The van der Waals surface area contributed by atoms with Crippen molar-refractivity contribution in [3.63, 3.8) is 0 Å². The fourth-order valence-corrected chi connectivity index (χ4v) is 2.11. The number of hydrogen-bond acceptors (Lipinski definition) is 4. The highest BCUT2D eigenvalue weighted by molar-refractivity contribution is 7.13. The molecule has 2 aromatic heterocycles. The zero-order valence-corrected chi connectivity index (χ0v) is 8.93. The second-order valence-electron chi connectivity index (χ2n) is 2.97. The lowest BCUT2D eigenvalue weighted by atomic mass is 10.2. The smallest absolute Gasteiger partial charge is 0.145 e. The minimum Gasteiger partial charge on any atom is -0.372 e. The van der Waals surface area contributed by atoms with Crippen LogP contribution >= 0.6 is 11.3 Å². The third kappa shape index (κ3) is 1.61. The lowest BCUT2D eigenvalue weighted by Gasteiger charge is -2.01. The summed E-state index contributed by atoms with van der Waals surface area (Å²) in [6, 6.07) is 2.09. The van der Waals surface area contributed by atoms with Crippen LogP contribution in [0.2, 0.25) is 0 Å². The number of anilines is 1. The molecule has 0 atom stereocenters. The Morgan fingerprint density at radius 2 is 2.21 bits per heavy atom. The molecule has 0 aromatic carbocycles. The maximum Gasteiger partial charge on any atom is 0.145 e. The van der Waals surface area contributed by atoms with Crippen molar-refractivity contribution in [2.75, 3.05) is 12.4 Å². The van der Waals surface area contributed by atoms with Crippen LogP contribution in [0, 0.1) is 6.92 Å². The van der Waals surface area contributed by atoms with Gasteiger partial charge in [0.05, 0.1) is 17.3 Å². The Hall–Kier alpha value is -1.42. The van der Waals surface area contributed by atoms with Gasteiger partial charge in [0.25, 0.3) is 0 Å². The van der Waals surface area contributed by atoms with Crippen LogP contribution in [0.15, 0.2) is 23.8 Å². The van der Waals surface area contributed by atoms with Crippen LogP contribution in [0.25, 0.3) is 10.6 Å². The van der Waals surface area contributed by atoms with E-state index in [2.05, 4.69) is 33.7 Å². The van der Waals surface area contributed by atoms with E-state index in [9.17, 15) is 0 Å². The highest BCUT2D eigenvalue weighted by atomic mass is 32.1. The molecule has 2 rings (SSSR count). The van der Waals surface area contributed by atoms with Crippen LogP contribution in [0.1, 0.15) is 5.56 Å². The third-order valence-electron chi connectivity index (χ3n) is 1.99. The predicted octanol–water partition coefficient (Wildman–Crippen LogP) is 2.56. The van der Waals surface area contributed by atoms with Crippen molar-refractivity contribution >= 4 is 17.2 Å². The molecule has 0 saturated carbocycles. The Kier molecular flexibility index (Phi) is 2.45. The van der Waals surface area contributed by atoms with Gasteiger partial charge in [-0.05, 0) is 23.9 Å². The summed E-state index contributed by atoms with van der Waals surface area (Å²) in [7, 11) is 1.84. The molecule has 3 nitrogen and oxygen atoms in total. The van der Waals surface area contributed by atoms with Crippen molar-refractivity contribution < 1.29 is 0 Å². The summed E-state index contributed by atoms with van der Waals surface area (Å²) in [5.41, 5.74) is 2.18. The second kappa shape index (κ2) is 3.75. The van der Waals surface area contributed by atoms with E-state index in [0.717, 1.165) is 11.5 Å². The highest BCUT2D eigenvalue weighted by Gasteiger charge is 2.05. The fraction of sp³-hybridized carbons (Fsp3) is 0.200. The number of nitrogens with zero attached hydrogens (tertiary/aromatic N) is 2. The highest BCUT2D eigenvalue weighted by Crippen LogP contribution is 2.27. The molecule has 0 radical (unpaired) electrons. The van der Waals surface area contributed by atoms with Gasteiger partial charge in [-0.25, -0.2) is 4.98 Å². The van der Waals surface area contributed by atoms with Crippen molar-refractivity contribution in [3.05, 3.63) is 29.4 Å². The van der Waals surface area contributed by atoms with Crippen molar-refractivity contribution in [3.8, 4) is 10.6 Å². The Morgan fingerprint density at radius 3 is 2.86 bits per heavy atom. The molecule has 4 heteroatoms. The summed E-state index contributed by atoms with van der Waals surface area (Å²) in [6.45, 7) is 2.08. The molecule has 1 N–H and O–H groups in total. The Labute approximate surface area is 86.8 Å². The number of hydrogen-bond donors (Lipinski definition) is 1. The van der Waals surface area contributed by atoms with E-state index >= 15 is 0 Å². The van der Waals surface area contributed by atoms with Gasteiger partial charge in [-0.15, -0.1) is 11.3 Å². The molecule has 0 aliphatic rings. The minimum absolute atomic E-state index is 0.801. The molecule has 72 valence electrons. The van der Waals surface area contributed by atoms with E-state index in [1.165, 1.54) is 10.4 Å². The number of thiophene rings is 1. The molecule has 14 heavy (non-hydrogen) atoms. The van der Waals surface area contributed by atoms with Crippen LogP contribution in [0.3, 0.4) is 0 Å². The maximum absolute atomic E-state index is 4.43. The first kappa shape index (κ1) is 9.15. The zero-order chi connectivity index (χ0) is 9.97. The quantitative estimate of drug-likeness (QED) is 0.818. The predicted molar refractivity (Wildman–Crippen MR) is 59.6 cm³/mol. The van der Waals surface area contributed by atoms with E-state index in [4.69, 9.17) is 0 Å². The average molecular weight is 205 g/mol. The lowest BCUT2D eigenvalue weighted by Crippen LogP contribution is -1.94. The summed E-state index contributed by atoms with van der Waals surface area (Å²) in [5, 5.41) is 5.05. The number of rotatable bonds is 2. The monoisotopic (exact) mass is 205 g/mol. The molecule has 0 fully saturated rings. The van der Waals surface area contributed by atoms with Crippen LogP contribution < -0.4 is 5.32 Å². The topological polar surface area (TPSA) is 37.8 Å². The summed E-state index contributed by atoms with van der Waals surface area (Å²) in [4.78, 5) is 9.75. The van der Waals surface area contributed by atoms with Gasteiger partial charge in [-0.3, -0.25) is 4.98 Å². The molecule has 0 bridgehead atoms. The minimum atomic E-state index is 0.801. The SMILES string of the molecule is CNc1cncc(-c2sccc2C)n1. The van der Waals surface area contributed by atoms with Crippen LogP contribution in [0.5, 0.6) is 0 Å². The third-order valence-corrected chi connectivity index (χ3v) is 3.02. The van der Waals surface area contributed by atoms with Crippen LogP contribution in [-0.2, 0) is 0 Å². The molecule has 0 unspecified atom stereocenters. The first-order valence-electron chi connectivity index (χ1n) is 4.35. The van der Waals surface area contributed by atoms with Gasteiger partial charge >= 0.3 is 0 Å². The van der Waals surface area contributed by atoms with E-state index in [-0.39, 0.29) is 0 Å². The number of aromatic nitrogens is 2. The first-order chi connectivity index (χ1) is 6.81. The summed E-state index contributed by atoms with van der Waals surface area (Å²) in [5.74, 6) is 0.801. The van der Waals surface area contributed by atoms with E-state index in [1.54, 1.807) is 23.7 Å². The van der Waals surface area contributed by atoms with Gasteiger partial charge in [0, 0.05) is 7.05 Å². The first-order valence-corrected chi connectivity index (χ1v) is 5.23. The second-order valence-corrected chi connectivity index (χ2v) is 3.89. The number of nitrogens with one attached hydrogen (secondary N) is 1. The van der Waals surface area contributed by atoms with E-state index < -0.39 is 0 Å². The lowest BCUT2D eigenvalue weighted by molar-refractivity contribution is 1.19. The van der Waals surface area contributed by atoms with Gasteiger partial charge in [0.15, 0.2) is 0 Å². The molecular weight excluding hydrogens is 194 g/mol. The van der Waals surface area contributed by atoms with Gasteiger partial charge in [-0.1, -0.05) is 0 Å². The van der Waals surface area contributed by atoms with E-state index in [1.807, 2.05) is 7.05 Å². The molecule has 0 spiro atoms. The van der Waals surface area contributed by atoms with Crippen molar-refractivity contribution in [1.29, 1.82) is 0 Å². The largest absolute Gasteiger partial charge is 0.372 e. The summed E-state index contributed by atoms with van der Waals surface area (Å²) >= 11 is 1.69. The normalized spacial score (nSPS) is 10.1. The molecule has 0 aliphatic carbocycles. The zero-order valence-electron chi connectivity index (χ0n) is 8.11. The molecule has 2 heterocycles. The molecular formula is C10H11N3S. The fourth-order valence-electron chi connectivity index (χ4n) is 1.23. The van der Waals surface area contributed by atoms with Crippen LogP contribution in [-0.4, -0.2) is 17.0 Å². The Bertz CT molecular complexity index is 436. The Balaban J connectivity index is 2.47. The van der Waals surface area contributed by atoms with E-state index in [0.29, 0.717) is 0 Å². The molecule has 2 aromatic rings. The molecule has 0 aliphatic heterocycles. The van der Waals surface area contributed by atoms with Crippen molar-refractivity contribution in [1.82, 2.24) is 9.97 Å². The van der Waals surface area contributed by atoms with Gasteiger partial charge in [0.1, 0.15) is 11.5 Å². The maximum atomic E-state index is 4.43. The average Bonchev–Trinajstić information content (AvgIpc) is 2.65. The number of aryl methyl sites for hydroxylation is 1. The Morgan fingerprint density at radius 1 is 1.36 bits per heavy atom.